The van der Waals surface area contributed by atoms with Gasteiger partial charge in [-0.2, -0.15) is 0 Å². The summed E-state index contributed by atoms with van der Waals surface area (Å²) >= 11 is 0. The van der Waals surface area contributed by atoms with Crippen LogP contribution < -0.4 is 20.1 Å². The maximum absolute atomic E-state index is 12.1. The van der Waals surface area contributed by atoms with E-state index in [0.717, 1.165) is 24.1 Å². The molecule has 2 N–H and O–H groups in total. The minimum absolute atomic E-state index is 0.155. The molecule has 0 unspecified atom stereocenters. The first-order valence-electron chi connectivity index (χ1n) is 7.44. The molecule has 21 heavy (non-hydrogen) atoms. The van der Waals surface area contributed by atoms with Crippen LogP contribution in [0.3, 0.4) is 0 Å². The van der Waals surface area contributed by atoms with Gasteiger partial charge in [0.05, 0.1) is 14.2 Å². The normalized spacial score (nSPS) is 15.4. The molecule has 5 nitrogen and oxygen atoms in total. The molecule has 1 saturated carbocycles. The van der Waals surface area contributed by atoms with Gasteiger partial charge in [0.25, 0.3) is 0 Å². The Morgan fingerprint density at radius 3 is 2.33 bits per heavy atom. The fourth-order valence-electron chi connectivity index (χ4n) is 2.71. The van der Waals surface area contributed by atoms with E-state index in [0.29, 0.717) is 17.5 Å². The van der Waals surface area contributed by atoms with Crippen molar-refractivity contribution in [3.05, 3.63) is 17.7 Å². The minimum atomic E-state index is -0.155. The first kappa shape index (κ1) is 15.5. The van der Waals surface area contributed by atoms with Gasteiger partial charge in [0.2, 0.25) is 0 Å². The van der Waals surface area contributed by atoms with Crippen LogP contribution in [0.1, 0.15) is 37.7 Å². The van der Waals surface area contributed by atoms with Crippen molar-refractivity contribution in [3.63, 3.8) is 0 Å². The monoisotopic (exact) mass is 292 g/mol. The molecule has 0 radical (unpaired) electrons. The number of amides is 2. The Balaban J connectivity index is 2.02. The van der Waals surface area contributed by atoms with Crippen molar-refractivity contribution in [2.75, 3.05) is 19.5 Å². The molecular formula is C16H24N2O3. The summed E-state index contributed by atoms with van der Waals surface area (Å²) in [6.45, 7) is 1.93. The minimum Gasteiger partial charge on any atom is -0.493 e. The van der Waals surface area contributed by atoms with E-state index >= 15 is 0 Å². The molecule has 0 spiro atoms. The number of nitrogens with one attached hydrogen (secondary N) is 2. The van der Waals surface area contributed by atoms with E-state index < -0.39 is 0 Å². The molecule has 2 amide bonds. The maximum Gasteiger partial charge on any atom is 0.319 e. The van der Waals surface area contributed by atoms with E-state index in [2.05, 4.69) is 10.6 Å². The Hall–Kier alpha value is -1.91. The molecule has 0 saturated heterocycles. The smallest absolute Gasteiger partial charge is 0.319 e. The van der Waals surface area contributed by atoms with E-state index in [4.69, 9.17) is 9.47 Å². The number of carbonyl (C=O) groups is 1. The Kier molecular flexibility index (Phi) is 5.31. The van der Waals surface area contributed by atoms with Gasteiger partial charge in [0.1, 0.15) is 0 Å². The number of ether oxygens (including phenoxy) is 2. The first-order chi connectivity index (χ1) is 10.1. The van der Waals surface area contributed by atoms with Gasteiger partial charge in [0, 0.05) is 17.8 Å². The molecule has 1 fully saturated rings. The van der Waals surface area contributed by atoms with Gasteiger partial charge in [-0.05, 0) is 31.4 Å². The summed E-state index contributed by atoms with van der Waals surface area (Å²) < 4.78 is 10.5. The average Bonchev–Trinajstić information content (AvgIpc) is 2.49. The zero-order valence-electron chi connectivity index (χ0n) is 13.0. The van der Waals surface area contributed by atoms with Gasteiger partial charge in [-0.25, -0.2) is 4.79 Å². The highest BCUT2D eigenvalue weighted by atomic mass is 16.5. The largest absolute Gasteiger partial charge is 0.493 e. The maximum atomic E-state index is 12.1. The Labute approximate surface area is 126 Å². The molecule has 1 aromatic rings. The zero-order valence-corrected chi connectivity index (χ0v) is 13.0. The summed E-state index contributed by atoms with van der Waals surface area (Å²) in [5, 5.41) is 5.94. The number of aryl methyl sites for hydroxylation is 1. The highest BCUT2D eigenvalue weighted by molar-refractivity contribution is 5.90. The lowest BCUT2D eigenvalue weighted by atomic mass is 9.96. The van der Waals surface area contributed by atoms with Crippen molar-refractivity contribution in [1.82, 2.24) is 5.32 Å². The number of benzene rings is 1. The zero-order chi connectivity index (χ0) is 15.2. The van der Waals surface area contributed by atoms with Crippen LogP contribution in [0.25, 0.3) is 0 Å². The number of hydrogen-bond acceptors (Lipinski definition) is 3. The lowest BCUT2D eigenvalue weighted by Gasteiger charge is -2.23. The summed E-state index contributed by atoms with van der Waals surface area (Å²) in [6, 6.07) is 3.78. The topological polar surface area (TPSA) is 59.6 Å². The molecular weight excluding hydrogens is 268 g/mol. The van der Waals surface area contributed by atoms with Crippen LogP contribution in [0.5, 0.6) is 11.5 Å². The summed E-state index contributed by atoms with van der Waals surface area (Å²) in [5.41, 5.74) is 1.67. The summed E-state index contributed by atoms with van der Waals surface area (Å²) in [7, 11) is 3.18. The standard InChI is InChI=1S/C16H24N2O3/c1-11-9-14(20-2)15(21-3)10-13(11)18-16(19)17-12-7-5-4-6-8-12/h9-10,12H,4-8H2,1-3H3,(H2,17,18,19). The van der Waals surface area contributed by atoms with Crippen LogP contribution >= 0.6 is 0 Å². The van der Waals surface area contributed by atoms with Crippen LogP contribution in [0.2, 0.25) is 0 Å². The second-order valence-electron chi connectivity index (χ2n) is 5.46. The second kappa shape index (κ2) is 7.20. The summed E-state index contributed by atoms with van der Waals surface area (Å²) in [5.74, 6) is 1.27. The summed E-state index contributed by atoms with van der Waals surface area (Å²) in [6.07, 6.45) is 5.80. The molecule has 1 aromatic carbocycles. The van der Waals surface area contributed by atoms with Gasteiger partial charge in [-0.1, -0.05) is 19.3 Å². The third-order valence-electron chi connectivity index (χ3n) is 3.92. The molecule has 0 heterocycles. The molecule has 0 aromatic heterocycles. The van der Waals surface area contributed by atoms with Gasteiger partial charge < -0.3 is 20.1 Å². The Morgan fingerprint density at radius 2 is 1.71 bits per heavy atom. The molecule has 5 heteroatoms. The predicted molar refractivity (Wildman–Crippen MR) is 83.3 cm³/mol. The molecule has 2 rings (SSSR count). The van der Waals surface area contributed by atoms with E-state index in [1.165, 1.54) is 19.3 Å². The van der Waals surface area contributed by atoms with Gasteiger partial charge >= 0.3 is 6.03 Å². The van der Waals surface area contributed by atoms with E-state index in [9.17, 15) is 4.79 Å². The van der Waals surface area contributed by atoms with Crippen molar-refractivity contribution in [2.45, 2.75) is 45.1 Å². The quantitative estimate of drug-likeness (QED) is 0.893. The molecule has 0 atom stereocenters. The highest BCUT2D eigenvalue weighted by Crippen LogP contribution is 2.32. The second-order valence-corrected chi connectivity index (χ2v) is 5.46. The van der Waals surface area contributed by atoms with Crippen molar-refractivity contribution < 1.29 is 14.3 Å². The fourth-order valence-corrected chi connectivity index (χ4v) is 2.71. The molecule has 116 valence electrons. The number of methoxy groups -OCH3 is 2. The van der Waals surface area contributed by atoms with Crippen molar-refractivity contribution in [1.29, 1.82) is 0 Å². The first-order valence-corrected chi connectivity index (χ1v) is 7.44. The third kappa shape index (κ3) is 4.03. The van der Waals surface area contributed by atoms with Crippen LogP contribution in [-0.2, 0) is 0 Å². The van der Waals surface area contributed by atoms with Crippen molar-refractivity contribution in [3.8, 4) is 11.5 Å². The van der Waals surface area contributed by atoms with Gasteiger partial charge in [0.15, 0.2) is 11.5 Å². The van der Waals surface area contributed by atoms with Crippen LogP contribution in [-0.4, -0.2) is 26.3 Å². The third-order valence-corrected chi connectivity index (χ3v) is 3.92. The Bertz CT molecular complexity index is 497. The average molecular weight is 292 g/mol. The predicted octanol–water partition coefficient (Wildman–Crippen LogP) is 3.47. The molecule has 1 aliphatic rings. The van der Waals surface area contributed by atoms with Gasteiger partial charge in [-0.3, -0.25) is 0 Å². The fraction of sp³-hybridized carbons (Fsp3) is 0.562. The lowest BCUT2D eigenvalue weighted by molar-refractivity contribution is 0.244. The molecule has 0 bridgehead atoms. The Morgan fingerprint density at radius 1 is 1.10 bits per heavy atom. The summed E-state index contributed by atoms with van der Waals surface area (Å²) in [4.78, 5) is 12.1. The molecule has 0 aliphatic heterocycles. The highest BCUT2D eigenvalue weighted by Gasteiger charge is 2.16. The van der Waals surface area contributed by atoms with E-state index in [1.54, 1.807) is 20.3 Å². The molecule has 1 aliphatic carbocycles. The van der Waals surface area contributed by atoms with Crippen molar-refractivity contribution in [2.24, 2.45) is 0 Å². The van der Waals surface area contributed by atoms with E-state index in [-0.39, 0.29) is 6.03 Å². The lowest BCUT2D eigenvalue weighted by Crippen LogP contribution is -2.39. The number of carbonyl (C=O) groups excluding carboxylic acids is 1. The van der Waals surface area contributed by atoms with Gasteiger partial charge in [-0.15, -0.1) is 0 Å². The number of rotatable bonds is 4. The number of anilines is 1. The number of hydrogen-bond donors (Lipinski definition) is 2. The number of urea groups is 1. The van der Waals surface area contributed by atoms with Crippen LogP contribution in [0.15, 0.2) is 12.1 Å². The van der Waals surface area contributed by atoms with E-state index in [1.807, 2.05) is 13.0 Å². The van der Waals surface area contributed by atoms with Crippen LogP contribution in [0, 0.1) is 6.92 Å². The van der Waals surface area contributed by atoms with Crippen LogP contribution in [0.4, 0.5) is 10.5 Å². The van der Waals surface area contributed by atoms with Crippen molar-refractivity contribution >= 4 is 11.7 Å². The SMILES string of the molecule is COc1cc(C)c(NC(=O)NC2CCCCC2)cc1OC.